The van der Waals surface area contributed by atoms with Gasteiger partial charge in [0.25, 0.3) is 0 Å². The molecule has 2 N–H and O–H groups in total. The van der Waals surface area contributed by atoms with Crippen molar-refractivity contribution >= 4 is 11.8 Å². The lowest BCUT2D eigenvalue weighted by Crippen LogP contribution is -2.42. The number of carbonyl (C=O) groups excluding carboxylic acids is 2. The first-order chi connectivity index (χ1) is 6.88. The first kappa shape index (κ1) is 12.0. The maximum absolute atomic E-state index is 11.4. The van der Waals surface area contributed by atoms with Crippen molar-refractivity contribution in [2.45, 2.75) is 45.6 Å². The monoisotopic (exact) mass is 212 g/mol. The zero-order valence-corrected chi connectivity index (χ0v) is 9.72. The van der Waals surface area contributed by atoms with Crippen molar-refractivity contribution in [2.75, 3.05) is 6.54 Å². The lowest BCUT2D eigenvalue weighted by molar-refractivity contribution is -0.123. The summed E-state index contributed by atoms with van der Waals surface area (Å²) in [4.78, 5) is 22.6. The molecule has 0 heterocycles. The van der Waals surface area contributed by atoms with Gasteiger partial charge in [0, 0.05) is 24.4 Å². The third-order valence-electron chi connectivity index (χ3n) is 2.11. The summed E-state index contributed by atoms with van der Waals surface area (Å²) in [6, 6.07) is 0. The quantitative estimate of drug-likeness (QED) is 0.724. The van der Waals surface area contributed by atoms with Crippen LogP contribution in [0.15, 0.2) is 0 Å². The van der Waals surface area contributed by atoms with Crippen molar-refractivity contribution in [3.05, 3.63) is 0 Å². The van der Waals surface area contributed by atoms with Gasteiger partial charge in [-0.05, 0) is 33.6 Å². The fourth-order valence-electron chi connectivity index (χ4n) is 1.27. The number of nitrogens with one attached hydrogen (secondary N) is 2. The largest absolute Gasteiger partial charge is 0.355 e. The standard InChI is InChI=1S/C11H20N2O2/c1-11(2,3)13-9(14)6-7-12-10(15)8-4-5-8/h8H,4-7H2,1-3H3,(H,12,15)(H,13,14). The Morgan fingerprint density at radius 1 is 1.27 bits per heavy atom. The van der Waals surface area contributed by atoms with E-state index in [0.717, 1.165) is 12.8 Å². The predicted octanol–water partition coefficient (Wildman–Crippen LogP) is 0.817. The molecule has 1 rings (SSSR count). The Balaban J connectivity index is 2.08. The average molecular weight is 212 g/mol. The molecule has 0 aromatic rings. The molecule has 4 heteroatoms. The van der Waals surface area contributed by atoms with Crippen LogP contribution in [-0.4, -0.2) is 23.9 Å². The minimum atomic E-state index is -0.197. The summed E-state index contributed by atoms with van der Waals surface area (Å²) in [6.07, 6.45) is 2.36. The molecule has 1 saturated carbocycles. The molecular formula is C11H20N2O2. The molecule has 15 heavy (non-hydrogen) atoms. The SMILES string of the molecule is CC(C)(C)NC(=O)CCNC(=O)C1CC1. The van der Waals surface area contributed by atoms with E-state index in [1.165, 1.54) is 0 Å². The Hall–Kier alpha value is -1.06. The van der Waals surface area contributed by atoms with Crippen LogP contribution in [0.3, 0.4) is 0 Å². The van der Waals surface area contributed by atoms with Gasteiger partial charge in [-0.3, -0.25) is 9.59 Å². The molecule has 0 aromatic heterocycles. The Kier molecular flexibility index (Phi) is 3.72. The summed E-state index contributed by atoms with van der Waals surface area (Å²) in [6.45, 7) is 6.26. The topological polar surface area (TPSA) is 58.2 Å². The summed E-state index contributed by atoms with van der Waals surface area (Å²) < 4.78 is 0. The maximum atomic E-state index is 11.4. The highest BCUT2D eigenvalue weighted by Gasteiger charge is 2.29. The van der Waals surface area contributed by atoms with Crippen LogP contribution in [0.5, 0.6) is 0 Å². The second kappa shape index (κ2) is 4.64. The van der Waals surface area contributed by atoms with Crippen molar-refractivity contribution < 1.29 is 9.59 Å². The molecule has 1 fully saturated rings. The van der Waals surface area contributed by atoms with E-state index < -0.39 is 0 Å². The van der Waals surface area contributed by atoms with E-state index in [2.05, 4.69) is 10.6 Å². The first-order valence-electron chi connectivity index (χ1n) is 5.47. The van der Waals surface area contributed by atoms with E-state index in [4.69, 9.17) is 0 Å². The van der Waals surface area contributed by atoms with Gasteiger partial charge in [0.1, 0.15) is 0 Å². The molecule has 1 aliphatic rings. The normalized spacial score (nSPS) is 15.9. The molecule has 0 aliphatic heterocycles. The molecule has 0 aromatic carbocycles. The summed E-state index contributed by atoms with van der Waals surface area (Å²) >= 11 is 0. The van der Waals surface area contributed by atoms with Crippen LogP contribution in [0.2, 0.25) is 0 Å². The maximum Gasteiger partial charge on any atom is 0.223 e. The van der Waals surface area contributed by atoms with Gasteiger partial charge in [-0.15, -0.1) is 0 Å². The molecule has 1 aliphatic carbocycles. The highest BCUT2D eigenvalue weighted by atomic mass is 16.2. The Morgan fingerprint density at radius 2 is 1.87 bits per heavy atom. The van der Waals surface area contributed by atoms with E-state index in [9.17, 15) is 9.59 Å². The minimum absolute atomic E-state index is 0.0152. The van der Waals surface area contributed by atoms with Gasteiger partial charge in [-0.1, -0.05) is 0 Å². The van der Waals surface area contributed by atoms with Crippen LogP contribution in [0, 0.1) is 5.92 Å². The van der Waals surface area contributed by atoms with Crippen molar-refractivity contribution in [2.24, 2.45) is 5.92 Å². The molecule has 86 valence electrons. The number of rotatable bonds is 4. The Bertz CT molecular complexity index is 252. The van der Waals surface area contributed by atoms with E-state index in [1.807, 2.05) is 20.8 Å². The molecule has 0 saturated heterocycles. The third kappa shape index (κ3) is 5.40. The molecule has 2 amide bonds. The van der Waals surface area contributed by atoms with E-state index in [-0.39, 0.29) is 23.3 Å². The van der Waals surface area contributed by atoms with Crippen LogP contribution < -0.4 is 10.6 Å². The van der Waals surface area contributed by atoms with Crippen molar-refractivity contribution in [1.82, 2.24) is 10.6 Å². The zero-order valence-electron chi connectivity index (χ0n) is 9.72. The number of hydrogen-bond acceptors (Lipinski definition) is 2. The van der Waals surface area contributed by atoms with Gasteiger partial charge in [0.15, 0.2) is 0 Å². The highest BCUT2D eigenvalue weighted by Crippen LogP contribution is 2.28. The molecule has 0 spiro atoms. The second-order valence-electron chi connectivity index (χ2n) is 5.11. The van der Waals surface area contributed by atoms with Crippen LogP contribution in [0.4, 0.5) is 0 Å². The number of carbonyl (C=O) groups is 2. The van der Waals surface area contributed by atoms with E-state index >= 15 is 0 Å². The Morgan fingerprint density at radius 3 is 2.33 bits per heavy atom. The average Bonchev–Trinajstić information content (AvgIpc) is 2.81. The molecule has 0 atom stereocenters. The fraction of sp³-hybridized carbons (Fsp3) is 0.818. The van der Waals surface area contributed by atoms with Crippen LogP contribution in [0.1, 0.15) is 40.0 Å². The van der Waals surface area contributed by atoms with Crippen LogP contribution in [-0.2, 0) is 9.59 Å². The van der Waals surface area contributed by atoms with Gasteiger partial charge in [-0.2, -0.15) is 0 Å². The zero-order chi connectivity index (χ0) is 11.5. The summed E-state index contributed by atoms with van der Waals surface area (Å²) in [5.41, 5.74) is -0.197. The number of hydrogen-bond donors (Lipinski definition) is 2. The van der Waals surface area contributed by atoms with Crippen LogP contribution in [0.25, 0.3) is 0 Å². The van der Waals surface area contributed by atoms with Crippen molar-refractivity contribution in [3.63, 3.8) is 0 Å². The number of amides is 2. The smallest absolute Gasteiger partial charge is 0.223 e. The lowest BCUT2D eigenvalue weighted by atomic mass is 10.1. The van der Waals surface area contributed by atoms with Gasteiger partial charge < -0.3 is 10.6 Å². The summed E-state index contributed by atoms with van der Waals surface area (Å²) in [5.74, 6) is 0.299. The predicted molar refractivity (Wildman–Crippen MR) is 58.2 cm³/mol. The molecule has 0 bridgehead atoms. The van der Waals surface area contributed by atoms with Gasteiger partial charge in [-0.25, -0.2) is 0 Å². The van der Waals surface area contributed by atoms with Crippen molar-refractivity contribution in [1.29, 1.82) is 0 Å². The lowest BCUT2D eigenvalue weighted by Gasteiger charge is -2.20. The summed E-state index contributed by atoms with van der Waals surface area (Å²) in [5, 5.41) is 5.61. The molecular weight excluding hydrogens is 192 g/mol. The Labute approximate surface area is 90.8 Å². The van der Waals surface area contributed by atoms with E-state index in [1.54, 1.807) is 0 Å². The third-order valence-corrected chi connectivity index (χ3v) is 2.11. The highest BCUT2D eigenvalue weighted by molar-refractivity contribution is 5.82. The fourth-order valence-corrected chi connectivity index (χ4v) is 1.27. The van der Waals surface area contributed by atoms with E-state index in [0.29, 0.717) is 13.0 Å². The molecule has 0 unspecified atom stereocenters. The van der Waals surface area contributed by atoms with Gasteiger partial charge >= 0.3 is 0 Å². The van der Waals surface area contributed by atoms with Crippen molar-refractivity contribution in [3.8, 4) is 0 Å². The minimum Gasteiger partial charge on any atom is -0.355 e. The first-order valence-corrected chi connectivity index (χ1v) is 5.47. The second-order valence-corrected chi connectivity index (χ2v) is 5.11. The van der Waals surface area contributed by atoms with Gasteiger partial charge in [0.05, 0.1) is 0 Å². The van der Waals surface area contributed by atoms with Gasteiger partial charge in [0.2, 0.25) is 11.8 Å². The molecule has 4 nitrogen and oxygen atoms in total. The van der Waals surface area contributed by atoms with Crippen LogP contribution >= 0.6 is 0 Å². The summed E-state index contributed by atoms with van der Waals surface area (Å²) in [7, 11) is 0. The molecule has 0 radical (unpaired) electrons.